The molecule has 2 aromatic carbocycles. The molecule has 1 N–H and O–H groups in total. The van der Waals surface area contributed by atoms with E-state index in [1.54, 1.807) is 41.2 Å². The molecule has 3 aromatic heterocycles. The molecule has 0 aliphatic heterocycles. The maximum absolute atomic E-state index is 12.8. The zero-order valence-electron chi connectivity index (χ0n) is 17.3. The lowest BCUT2D eigenvalue weighted by Gasteiger charge is -2.02. The van der Waals surface area contributed by atoms with Crippen molar-refractivity contribution < 1.29 is 9.21 Å². The lowest BCUT2D eigenvalue weighted by Crippen LogP contribution is -2.17. The number of fused-ring (bicyclic) bond motifs is 1. The molecule has 0 bridgehead atoms. The maximum atomic E-state index is 12.8. The minimum absolute atomic E-state index is 0.297. The molecule has 0 spiro atoms. The minimum Gasteiger partial charge on any atom is -0.422 e. The normalized spacial score (nSPS) is 11.2. The molecule has 0 fully saturated rings. The monoisotopic (exact) mass is 435 g/mol. The van der Waals surface area contributed by atoms with Gasteiger partial charge in [0.1, 0.15) is 11.3 Å². The fourth-order valence-corrected chi connectivity index (χ4v) is 3.36. The summed E-state index contributed by atoms with van der Waals surface area (Å²) in [5.41, 5.74) is 4.93. The third kappa shape index (κ3) is 4.17. The summed E-state index contributed by atoms with van der Waals surface area (Å²) in [5.74, 6) is -0.379. The number of hydrogen-bond donors (Lipinski definition) is 1. The van der Waals surface area contributed by atoms with Crippen molar-refractivity contribution in [2.45, 2.75) is 0 Å². The molecule has 5 rings (SSSR count). The van der Waals surface area contributed by atoms with Gasteiger partial charge in [0.15, 0.2) is 0 Å². The van der Waals surface area contributed by atoms with Crippen molar-refractivity contribution in [2.24, 2.45) is 5.10 Å². The molecule has 0 aliphatic carbocycles. The highest BCUT2D eigenvalue weighted by Gasteiger charge is 2.16. The van der Waals surface area contributed by atoms with Crippen LogP contribution >= 0.6 is 0 Å². The van der Waals surface area contributed by atoms with E-state index in [9.17, 15) is 9.59 Å². The predicted molar refractivity (Wildman–Crippen MR) is 124 cm³/mol. The molecule has 8 heteroatoms. The summed E-state index contributed by atoms with van der Waals surface area (Å²) in [4.78, 5) is 28.9. The van der Waals surface area contributed by atoms with Crippen molar-refractivity contribution in [3.8, 4) is 16.9 Å². The van der Waals surface area contributed by atoms with E-state index in [1.807, 2.05) is 42.5 Å². The number of nitrogens with one attached hydrogen (secondary N) is 1. The van der Waals surface area contributed by atoms with Gasteiger partial charge in [-0.2, -0.15) is 10.2 Å². The first-order chi connectivity index (χ1) is 16.2. The van der Waals surface area contributed by atoms with Crippen LogP contribution in [0.4, 0.5) is 0 Å². The third-order valence-electron chi connectivity index (χ3n) is 4.97. The largest absolute Gasteiger partial charge is 0.422 e. The van der Waals surface area contributed by atoms with Crippen LogP contribution in [0.5, 0.6) is 0 Å². The van der Waals surface area contributed by atoms with Crippen LogP contribution in [0, 0.1) is 0 Å². The van der Waals surface area contributed by atoms with Crippen molar-refractivity contribution in [2.75, 3.05) is 0 Å². The van der Waals surface area contributed by atoms with E-state index >= 15 is 0 Å². The van der Waals surface area contributed by atoms with Gasteiger partial charge in [-0.1, -0.05) is 36.4 Å². The molecule has 1 amide bonds. The summed E-state index contributed by atoms with van der Waals surface area (Å²) in [6.45, 7) is 0. The van der Waals surface area contributed by atoms with E-state index < -0.39 is 5.63 Å². The van der Waals surface area contributed by atoms with E-state index in [0.29, 0.717) is 28.0 Å². The number of hydrazone groups is 1. The molecule has 8 nitrogen and oxygen atoms in total. The summed E-state index contributed by atoms with van der Waals surface area (Å²) in [7, 11) is 0. The Morgan fingerprint density at radius 2 is 1.76 bits per heavy atom. The number of rotatable bonds is 5. The van der Waals surface area contributed by atoms with Crippen molar-refractivity contribution in [1.29, 1.82) is 0 Å². The van der Waals surface area contributed by atoms with Gasteiger partial charge >= 0.3 is 5.63 Å². The van der Waals surface area contributed by atoms with Crippen LogP contribution < -0.4 is 11.1 Å². The Bertz CT molecular complexity index is 1520. The van der Waals surface area contributed by atoms with Crippen LogP contribution in [0.25, 0.3) is 27.9 Å². The molecule has 5 aromatic rings. The lowest BCUT2D eigenvalue weighted by atomic mass is 10.1. The highest BCUT2D eigenvalue weighted by molar-refractivity contribution is 5.95. The first kappa shape index (κ1) is 20.1. The number of pyridine rings is 1. The van der Waals surface area contributed by atoms with E-state index in [1.165, 1.54) is 18.6 Å². The average Bonchev–Trinajstić information content (AvgIpc) is 3.28. The van der Waals surface area contributed by atoms with Gasteiger partial charge in [0, 0.05) is 35.1 Å². The van der Waals surface area contributed by atoms with Crippen molar-refractivity contribution in [3.63, 3.8) is 0 Å². The molecule has 0 radical (unpaired) electrons. The van der Waals surface area contributed by atoms with Crippen LogP contribution in [0.1, 0.15) is 15.9 Å². The summed E-state index contributed by atoms with van der Waals surface area (Å²) in [5, 5.41) is 9.46. The summed E-state index contributed by atoms with van der Waals surface area (Å²) >= 11 is 0. The topological polar surface area (TPSA) is 102 Å². The van der Waals surface area contributed by atoms with E-state index in [4.69, 9.17) is 4.42 Å². The third-order valence-corrected chi connectivity index (χ3v) is 4.97. The zero-order valence-corrected chi connectivity index (χ0v) is 17.3. The van der Waals surface area contributed by atoms with Crippen molar-refractivity contribution in [3.05, 3.63) is 113 Å². The molecule has 3 heterocycles. The Morgan fingerprint density at radius 1 is 1.00 bits per heavy atom. The number of aromatic nitrogens is 3. The van der Waals surface area contributed by atoms with Gasteiger partial charge in [0.25, 0.3) is 5.91 Å². The smallest absolute Gasteiger partial charge is 0.345 e. The minimum atomic E-state index is -0.512. The maximum Gasteiger partial charge on any atom is 0.345 e. The standard InChI is InChI=1S/C25H17N5O3/c31-24(17-10-12-26-13-11-17)28-27-15-19-16-30(20-7-2-1-3-8-20)29-23(19)21-14-18-6-4-5-9-22(18)33-25(21)32/h1-16H,(H,28,31)/b27-15-. The van der Waals surface area contributed by atoms with E-state index in [2.05, 4.69) is 20.6 Å². The predicted octanol–water partition coefficient (Wildman–Crippen LogP) is 3.80. The van der Waals surface area contributed by atoms with Crippen LogP contribution in [-0.2, 0) is 0 Å². The summed E-state index contributed by atoms with van der Waals surface area (Å²) in [6.07, 6.45) is 6.25. The molecule has 0 atom stereocenters. The second-order valence-electron chi connectivity index (χ2n) is 7.13. The zero-order chi connectivity index (χ0) is 22.6. The average molecular weight is 435 g/mol. The van der Waals surface area contributed by atoms with Crippen LogP contribution in [0.3, 0.4) is 0 Å². The number of carbonyl (C=O) groups excluding carboxylic acids is 1. The fourth-order valence-electron chi connectivity index (χ4n) is 3.36. The number of nitrogens with zero attached hydrogens (tertiary/aromatic N) is 4. The number of carbonyl (C=O) groups is 1. The van der Waals surface area contributed by atoms with Crippen molar-refractivity contribution in [1.82, 2.24) is 20.2 Å². The second kappa shape index (κ2) is 8.72. The number of para-hydroxylation sites is 2. The Kier molecular flexibility index (Phi) is 5.30. The molecule has 160 valence electrons. The number of hydrogen-bond acceptors (Lipinski definition) is 6. The van der Waals surface area contributed by atoms with Gasteiger partial charge < -0.3 is 4.42 Å². The second-order valence-corrected chi connectivity index (χ2v) is 7.13. The fraction of sp³-hybridized carbons (Fsp3) is 0. The van der Waals surface area contributed by atoms with Crippen molar-refractivity contribution >= 4 is 23.1 Å². The molecular formula is C25H17N5O3. The molecule has 0 saturated carbocycles. The Morgan fingerprint density at radius 3 is 2.58 bits per heavy atom. The number of benzene rings is 2. The van der Waals surface area contributed by atoms with Crippen LogP contribution in [-0.4, -0.2) is 26.9 Å². The summed E-state index contributed by atoms with van der Waals surface area (Å²) in [6, 6.07) is 21.7. The number of amides is 1. The van der Waals surface area contributed by atoms with Crippen LogP contribution in [0.2, 0.25) is 0 Å². The van der Waals surface area contributed by atoms with Gasteiger partial charge in [-0.25, -0.2) is 14.9 Å². The van der Waals surface area contributed by atoms with Gasteiger partial charge in [0.2, 0.25) is 0 Å². The first-order valence-corrected chi connectivity index (χ1v) is 10.1. The molecule has 0 aliphatic rings. The van der Waals surface area contributed by atoms with Gasteiger partial charge in [-0.3, -0.25) is 9.78 Å². The van der Waals surface area contributed by atoms with E-state index in [-0.39, 0.29) is 5.91 Å². The molecule has 0 saturated heterocycles. The Hall–Kier alpha value is -4.85. The van der Waals surface area contributed by atoms with Gasteiger partial charge in [-0.15, -0.1) is 0 Å². The SMILES string of the molecule is O=C(N/N=C\c1cn(-c2ccccc2)nc1-c1cc2ccccc2oc1=O)c1ccncc1. The van der Waals surface area contributed by atoms with Crippen LogP contribution in [0.15, 0.2) is 106 Å². The highest BCUT2D eigenvalue weighted by Crippen LogP contribution is 2.23. The summed E-state index contributed by atoms with van der Waals surface area (Å²) < 4.78 is 7.14. The quantitative estimate of drug-likeness (QED) is 0.257. The first-order valence-electron chi connectivity index (χ1n) is 10.1. The highest BCUT2D eigenvalue weighted by atomic mass is 16.4. The molecular weight excluding hydrogens is 418 g/mol. The Balaban J connectivity index is 1.55. The van der Waals surface area contributed by atoms with Gasteiger partial charge in [-0.05, 0) is 36.4 Å². The molecule has 33 heavy (non-hydrogen) atoms. The van der Waals surface area contributed by atoms with E-state index in [0.717, 1.165) is 11.1 Å². The lowest BCUT2D eigenvalue weighted by molar-refractivity contribution is 0.0955. The van der Waals surface area contributed by atoms with Gasteiger partial charge in [0.05, 0.1) is 17.5 Å². The Labute approximate surface area is 187 Å². The molecule has 0 unspecified atom stereocenters.